The van der Waals surface area contributed by atoms with Gasteiger partial charge < -0.3 is 0 Å². The van der Waals surface area contributed by atoms with Crippen molar-refractivity contribution in [1.29, 1.82) is 0 Å². The standard InChI is InChI=1S/C12H20/c1-5-10-8-6-7-9-11(10)12(2,3)4/h5H,1,6-9H2,2-4H3. The van der Waals surface area contributed by atoms with Crippen molar-refractivity contribution >= 4 is 0 Å². The lowest BCUT2D eigenvalue weighted by Crippen LogP contribution is -2.14. The van der Waals surface area contributed by atoms with Gasteiger partial charge in [-0.1, -0.05) is 39.0 Å². The molecule has 0 heteroatoms. The molecular formula is C12H20. The Morgan fingerprint density at radius 1 is 1.17 bits per heavy atom. The molecule has 0 saturated carbocycles. The van der Waals surface area contributed by atoms with Crippen LogP contribution < -0.4 is 0 Å². The second-order valence-corrected chi connectivity index (χ2v) is 4.67. The molecule has 0 aliphatic heterocycles. The van der Waals surface area contributed by atoms with Crippen LogP contribution in [0.4, 0.5) is 0 Å². The average Bonchev–Trinajstić information content (AvgIpc) is 2.03. The topological polar surface area (TPSA) is 0 Å². The second kappa shape index (κ2) is 3.47. The number of hydrogen-bond donors (Lipinski definition) is 0. The molecule has 0 radical (unpaired) electrons. The first-order valence-corrected chi connectivity index (χ1v) is 4.90. The Labute approximate surface area is 76.4 Å². The number of allylic oxidation sites excluding steroid dienone is 3. The lowest BCUT2D eigenvalue weighted by atomic mass is 9.76. The molecule has 0 atom stereocenters. The van der Waals surface area contributed by atoms with E-state index in [9.17, 15) is 0 Å². The molecule has 68 valence electrons. The first kappa shape index (κ1) is 9.57. The van der Waals surface area contributed by atoms with Gasteiger partial charge in [-0.05, 0) is 36.7 Å². The van der Waals surface area contributed by atoms with Crippen molar-refractivity contribution < 1.29 is 0 Å². The van der Waals surface area contributed by atoms with E-state index in [-0.39, 0.29) is 0 Å². The summed E-state index contributed by atoms with van der Waals surface area (Å²) < 4.78 is 0. The fraction of sp³-hybridized carbons (Fsp3) is 0.667. The molecule has 0 aromatic rings. The minimum atomic E-state index is 0.351. The smallest absolute Gasteiger partial charge is 0.0167 e. The van der Waals surface area contributed by atoms with Crippen molar-refractivity contribution in [3.8, 4) is 0 Å². The van der Waals surface area contributed by atoms with Gasteiger partial charge in [-0.25, -0.2) is 0 Å². The summed E-state index contributed by atoms with van der Waals surface area (Å²) in [6, 6.07) is 0. The molecule has 0 aromatic heterocycles. The Bertz CT molecular complexity index is 201. The van der Waals surface area contributed by atoms with Crippen LogP contribution in [0.1, 0.15) is 46.5 Å². The average molecular weight is 164 g/mol. The molecule has 1 aliphatic rings. The van der Waals surface area contributed by atoms with Gasteiger partial charge in [0.1, 0.15) is 0 Å². The van der Waals surface area contributed by atoms with Crippen molar-refractivity contribution in [2.45, 2.75) is 46.5 Å². The summed E-state index contributed by atoms with van der Waals surface area (Å²) in [6.45, 7) is 10.8. The molecule has 0 fully saturated rings. The molecule has 12 heavy (non-hydrogen) atoms. The lowest BCUT2D eigenvalue weighted by Gasteiger charge is -2.29. The van der Waals surface area contributed by atoms with Gasteiger partial charge in [-0.3, -0.25) is 0 Å². The molecule has 0 nitrogen and oxygen atoms in total. The van der Waals surface area contributed by atoms with E-state index in [1.54, 1.807) is 5.57 Å². The maximum absolute atomic E-state index is 3.89. The first-order valence-electron chi connectivity index (χ1n) is 4.90. The Hall–Kier alpha value is -0.520. The van der Waals surface area contributed by atoms with Crippen molar-refractivity contribution in [1.82, 2.24) is 0 Å². The largest absolute Gasteiger partial charge is 0.0988 e. The molecule has 0 bridgehead atoms. The van der Waals surface area contributed by atoms with E-state index in [2.05, 4.69) is 33.4 Å². The molecule has 0 heterocycles. The van der Waals surface area contributed by atoms with Crippen LogP contribution in [0.3, 0.4) is 0 Å². The van der Waals surface area contributed by atoms with E-state index in [1.165, 1.54) is 31.3 Å². The Kier molecular flexibility index (Phi) is 2.76. The highest BCUT2D eigenvalue weighted by atomic mass is 14.3. The van der Waals surface area contributed by atoms with Gasteiger partial charge in [-0.2, -0.15) is 0 Å². The summed E-state index contributed by atoms with van der Waals surface area (Å²) in [7, 11) is 0. The molecule has 1 aliphatic carbocycles. The van der Waals surface area contributed by atoms with Crippen LogP contribution in [-0.2, 0) is 0 Å². The van der Waals surface area contributed by atoms with Crippen molar-refractivity contribution in [2.75, 3.05) is 0 Å². The van der Waals surface area contributed by atoms with Crippen LogP contribution in [0.15, 0.2) is 23.8 Å². The van der Waals surface area contributed by atoms with E-state index in [4.69, 9.17) is 0 Å². The van der Waals surface area contributed by atoms with Crippen LogP contribution in [0.5, 0.6) is 0 Å². The maximum Gasteiger partial charge on any atom is -0.0167 e. The monoisotopic (exact) mass is 164 g/mol. The predicted octanol–water partition coefficient (Wildman–Crippen LogP) is 4.09. The molecule has 1 rings (SSSR count). The summed E-state index contributed by atoms with van der Waals surface area (Å²) in [4.78, 5) is 0. The van der Waals surface area contributed by atoms with Crippen LogP contribution in [0.25, 0.3) is 0 Å². The molecule has 0 N–H and O–H groups in total. The zero-order valence-electron chi connectivity index (χ0n) is 8.61. The van der Waals surface area contributed by atoms with Gasteiger partial charge in [0, 0.05) is 0 Å². The summed E-state index contributed by atoms with van der Waals surface area (Å²) >= 11 is 0. The van der Waals surface area contributed by atoms with E-state index in [0.717, 1.165) is 0 Å². The van der Waals surface area contributed by atoms with Gasteiger partial charge in [0.05, 0.1) is 0 Å². The highest BCUT2D eigenvalue weighted by molar-refractivity contribution is 5.29. The minimum absolute atomic E-state index is 0.351. The van der Waals surface area contributed by atoms with E-state index < -0.39 is 0 Å². The number of rotatable bonds is 1. The van der Waals surface area contributed by atoms with Crippen LogP contribution in [0, 0.1) is 5.41 Å². The molecular weight excluding hydrogens is 144 g/mol. The normalized spacial score (nSPS) is 19.6. The predicted molar refractivity (Wildman–Crippen MR) is 55.1 cm³/mol. The van der Waals surface area contributed by atoms with E-state index in [0.29, 0.717) is 5.41 Å². The molecule has 0 saturated heterocycles. The van der Waals surface area contributed by atoms with Gasteiger partial charge in [0.2, 0.25) is 0 Å². The van der Waals surface area contributed by atoms with Crippen molar-refractivity contribution in [2.24, 2.45) is 5.41 Å². The Morgan fingerprint density at radius 2 is 1.75 bits per heavy atom. The Balaban J connectivity index is 2.95. The van der Waals surface area contributed by atoms with Gasteiger partial charge in [0.15, 0.2) is 0 Å². The Morgan fingerprint density at radius 3 is 2.17 bits per heavy atom. The zero-order valence-corrected chi connectivity index (χ0v) is 8.61. The van der Waals surface area contributed by atoms with Crippen molar-refractivity contribution in [3.05, 3.63) is 23.8 Å². The van der Waals surface area contributed by atoms with E-state index >= 15 is 0 Å². The van der Waals surface area contributed by atoms with Gasteiger partial charge in [0.25, 0.3) is 0 Å². The third-order valence-corrected chi connectivity index (χ3v) is 2.66. The van der Waals surface area contributed by atoms with Crippen LogP contribution in [0.2, 0.25) is 0 Å². The second-order valence-electron chi connectivity index (χ2n) is 4.67. The minimum Gasteiger partial charge on any atom is -0.0988 e. The first-order chi connectivity index (χ1) is 5.55. The fourth-order valence-electron chi connectivity index (χ4n) is 2.01. The quantitative estimate of drug-likeness (QED) is 0.547. The third-order valence-electron chi connectivity index (χ3n) is 2.66. The highest BCUT2D eigenvalue weighted by Gasteiger charge is 2.21. The summed E-state index contributed by atoms with van der Waals surface area (Å²) in [6.07, 6.45) is 7.30. The SMILES string of the molecule is C=CC1=C(C(C)(C)C)CCCC1. The fourth-order valence-corrected chi connectivity index (χ4v) is 2.01. The molecule has 0 amide bonds. The summed E-state index contributed by atoms with van der Waals surface area (Å²) in [5, 5.41) is 0. The molecule has 0 aromatic carbocycles. The molecule has 0 spiro atoms. The molecule has 0 unspecified atom stereocenters. The van der Waals surface area contributed by atoms with Gasteiger partial charge >= 0.3 is 0 Å². The summed E-state index contributed by atoms with van der Waals surface area (Å²) in [5.74, 6) is 0. The van der Waals surface area contributed by atoms with Gasteiger partial charge in [-0.15, -0.1) is 0 Å². The maximum atomic E-state index is 3.89. The van der Waals surface area contributed by atoms with Crippen LogP contribution in [-0.4, -0.2) is 0 Å². The van der Waals surface area contributed by atoms with Crippen LogP contribution >= 0.6 is 0 Å². The van der Waals surface area contributed by atoms with Crippen molar-refractivity contribution in [3.63, 3.8) is 0 Å². The van der Waals surface area contributed by atoms with E-state index in [1.807, 2.05) is 0 Å². The zero-order chi connectivity index (χ0) is 9.19. The lowest BCUT2D eigenvalue weighted by molar-refractivity contribution is 0.454. The third kappa shape index (κ3) is 2.00. The number of hydrogen-bond acceptors (Lipinski definition) is 0. The summed E-state index contributed by atoms with van der Waals surface area (Å²) in [5.41, 5.74) is 3.49. The highest BCUT2D eigenvalue weighted by Crippen LogP contribution is 2.37.